The van der Waals surface area contributed by atoms with Crippen molar-refractivity contribution in [2.45, 2.75) is 66.0 Å². The molecule has 0 unspecified atom stereocenters. The second-order valence-electron chi connectivity index (χ2n) is 7.56. The molecule has 0 aliphatic carbocycles. The molecule has 0 saturated heterocycles. The number of imide groups is 1. The summed E-state index contributed by atoms with van der Waals surface area (Å²) in [7, 11) is 0. The summed E-state index contributed by atoms with van der Waals surface area (Å²) in [5, 5.41) is 8.86. The number of amides is 3. The van der Waals surface area contributed by atoms with Crippen LogP contribution in [0.1, 0.15) is 51.1 Å². The van der Waals surface area contributed by atoms with Gasteiger partial charge in [0.05, 0.1) is 0 Å². The largest absolute Gasteiger partial charge is 0.453 e. The van der Waals surface area contributed by atoms with Gasteiger partial charge >= 0.3 is 12.0 Å². The number of nitrogens with zero attached hydrogens (tertiary/aromatic N) is 4. The molecule has 10 nitrogen and oxygen atoms in total. The Balaban J connectivity index is 1.90. The van der Waals surface area contributed by atoms with E-state index in [4.69, 9.17) is 4.74 Å². The Morgan fingerprint density at radius 3 is 2.57 bits per heavy atom. The zero-order chi connectivity index (χ0) is 21.1. The van der Waals surface area contributed by atoms with E-state index in [-0.39, 0.29) is 6.42 Å². The Labute approximate surface area is 163 Å². The summed E-state index contributed by atoms with van der Waals surface area (Å²) < 4.78 is 6.74. The molecule has 152 valence electrons. The van der Waals surface area contributed by atoms with E-state index < -0.39 is 29.6 Å². The SMILES string of the molecule is Cc1nc2ncnn2c(C)c1CCC(=O)O[C@H](C)C(=O)NC(=O)NC(C)(C)C. The van der Waals surface area contributed by atoms with Crippen LogP contribution in [0.15, 0.2) is 6.33 Å². The first kappa shape index (κ1) is 21.3. The molecule has 2 aromatic rings. The average Bonchev–Trinajstić information content (AvgIpc) is 3.00. The number of esters is 1. The predicted octanol–water partition coefficient (Wildman–Crippen LogP) is 1.23. The molecule has 2 heterocycles. The number of hydrogen-bond donors (Lipinski definition) is 2. The minimum Gasteiger partial charge on any atom is -0.453 e. The molecule has 0 aromatic carbocycles. The summed E-state index contributed by atoms with van der Waals surface area (Å²) in [5.74, 6) is -0.732. The zero-order valence-electron chi connectivity index (χ0n) is 17.0. The summed E-state index contributed by atoms with van der Waals surface area (Å²) >= 11 is 0. The van der Waals surface area contributed by atoms with Crippen molar-refractivity contribution in [3.05, 3.63) is 23.3 Å². The van der Waals surface area contributed by atoms with Crippen molar-refractivity contribution in [3.8, 4) is 0 Å². The lowest BCUT2D eigenvalue weighted by Crippen LogP contribution is -2.50. The number of aromatic nitrogens is 4. The maximum Gasteiger partial charge on any atom is 0.321 e. The molecular weight excluding hydrogens is 364 g/mol. The Morgan fingerprint density at radius 2 is 1.93 bits per heavy atom. The number of rotatable bonds is 5. The van der Waals surface area contributed by atoms with E-state index in [2.05, 4.69) is 25.7 Å². The van der Waals surface area contributed by atoms with E-state index in [0.717, 1.165) is 17.0 Å². The van der Waals surface area contributed by atoms with Gasteiger partial charge in [-0.3, -0.25) is 14.9 Å². The first-order valence-corrected chi connectivity index (χ1v) is 8.96. The van der Waals surface area contributed by atoms with Gasteiger partial charge in [-0.2, -0.15) is 10.1 Å². The molecule has 0 saturated carbocycles. The molecule has 1 atom stereocenters. The molecule has 3 amide bonds. The van der Waals surface area contributed by atoms with Gasteiger partial charge in [-0.1, -0.05) is 0 Å². The molecule has 2 rings (SSSR count). The molecule has 28 heavy (non-hydrogen) atoms. The third-order valence-electron chi connectivity index (χ3n) is 3.97. The van der Waals surface area contributed by atoms with Crippen molar-refractivity contribution in [1.82, 2.24) is 30.2 Å². The standard InChI is InChI=1S/C18H26N6O4/c1-10-13(11(2)24-16(21-10)19-9-20-24)7-8-14(25)28-12(3)15(26)22-17(27)23-18(4,5)6/h9,12H,7-8H2,1-6H3,(H2,22,23,26,27)/t12-/m1/s1. The smallest absolute Gasteiger partial charge is 0.321 e. The van der Waals surface area contributed by atoms with Crippen LogP contribution in [0.3, 0.4) is 0 Å². The van der Waals surface area contributed by atoms with E-state index in [1.165, 1.54) is 13.3 Å². The highest BCUT2D eigenvalue weighted by Crippen LogP contribution is 2.15. The van der Waals surface area contributed by atoms with Crippen molar-refractivity contribution in [2.24, 2.45) is 0 Å². The van der Waals surface area contributed by atoms with Crippen LogP contribution in [0.4, 0.5) is 4.79 Å². The lowest BCUT2D eigenvalue weighted by molar-refractivity contribution is -0.154. The number of ether oxygens (including phenoxy) is 1. The van der Waals surface area contributed by atoms with Crippen LogP contribution < -0.4 is 10.6 Å². The average molecular weight is 390 g/mol. The number of carbonyl (C=O) groups excluding carboxylic acids is 3. The summed E-state index contributed by atoms with van der Waals surface area (Å²) in [6.07, 6.45) is 0.785. The number of hydrogen-bond acceptors (Lipinski definition) is 7. The molecule has 10 heteroatoms. The molecular formula is C18H26N6O4. The molecule has 0 spiro atoms. The van der Waals surface area contributed by atoms with Crippen LogP contribution >= 0.6 is 0 Å². The molecule has 0 aliphatic heterocycles. The Hall–Kier alpha value is -3.04. The van der Waals surface area contributed by atoms with Gasteiger partial charge in [-0.15, -0.1) is 0 Å². The Bertz CT molecular complexity index is 899. The molecule has 2 N–H and O–H groups in total. The van der Waals surface area contributed by atoms with E-state index in [0.29, 0.717) is 12.2 Å². The van der Waals surface area contributed by atoms with Crippen LogP contribution in [0.25, 0.3) is 5.78 Å². The van der Waals surface area contributed by atoms with E-state index >= 15 is 0 Å². The highest BCUT2D eigenvalue weighted by atomic mass is 16.5. The van der Waals surface area contributed by atoms with Gasteiger partial charge in [0.15, 0.2) is 6.10 Å². The first-order chi connectivity index (χ1) is 13.0. The topological polar surface area (TPSA) is 128 Å². The van der Waals surface area contributed by atoms with E-state index in [1.54, 1.807) is 25.3 Å². The minimum atomic E-state index is -1.09. The van der Waals surface area contributed by atoms with Gasteiger partial charge in [0.1, 0.15) is 6.33 Å². The van der Waals surface area contributed by atoms with Crippen LogP contribution in [0, 0.1) is 13.8 Å². The van der Waals surface area contributed by atoms with Gasteiger partial charge in [-0.25, -0.2) is 14.3 Å². The second-order valence-corrected chi connectivity index (χ2v) is 7.56. The van der Waals surface area contributed by atoms with Gasteiger partial charge < -0.3 is 10.1 Å². The zero-order valence-corrected chi connectivity index (χ0v) is 17.0. The maximum absolute atomic E-state index is 12.1. The van der Waals surface area contributed by atoms with Crippen molar-refractivity contribution in [3.63, 3.8) is 0 Å². The predicted molar refractivity (Wildman–Crippen MR) is 101 cm³/mol. The van der Waals surface area contributed by atoms with Crippen LogP contribution in [-0.4, -0.2) is 49.1 Å². The summed E-state index contributed by atoms with van der Waals surface area (Å²) in [6.45, 7) is 10.5. The fourth-order valence-electron chi connectivity index (χ4n) is 2.64. The quantitative estimate of drug-likeness (QED) is 0.735. The molecule has 0 bridgehead atoms. The van der Waals surface area contributed by atoms with Crippen LogP contribution in [0.2, 0.25) is 0 Å². The summed E-state index contributed by atoms with van der Waals surface area (Å²) in [5.41, 5.74) is 1.99. The van der Waals surface area contributed by atoms with Crippen molar-refractivity contribution in [2.75, 3.05) is 0 Å². The van der Waals surface area contributed by atoms with Gasteiger partial charge in [0, 0.05) is 23.3 Å². The van der Waals surface area contributed by atoms with Gasteiger partial charge in [0.2, 0.25) is 0 Å². The lowest BCUT2D eigenvalue weighted by Gasteiger charge is -2.21. The normalized spacial score (nSPS) is 12.5. The number of carbonyl (C=O) groups is 3. The third-order valence-corrected chi connectivity index (χ3v) is 3.97. The summed E-state index contributed by atoms with van der Waals surface area (Å²) in [4.78, 5) is 44.3. The molecule has 0 aliphatic rings. The van der Waals surface area contributed by atoms with Gasteiger partial charge in [-0.05, 0) is 53.5 Å². The van der Waals surface area contributed by atoms with Crippen LogP contribution in [0.5, 0.6) is 0 Å². The fourth-order valence-corrected chi connectivity index (χ4v) is 2.64. The Kier molecular flexibility index (Phi) is 6.32. The molecule has 0 fully saturated rings. The number of urea groups is 1. The Morgan fingerprint density at radius 1 is 1.25 bits per heavy atom. The number of fused-ring (bicyclic) bond motifs is 1. The van der Waals surface area contributed by atoms with E-state index in [9.17, 15) is 14.4 Å². The molecule has 2 aromatic heterocycles. The van der Waals surface area contributed by atoms with Crippen molar-refractivity contribution < 1.29 is 19.1 Å². The maximum atomic E-state index is 12.1. The third kappa shape index (κ3) is 5.48. The number of aryl methyl sites for hydroxylation is 2. The lowest BCUT2D eigenvalue weighted by atomic mass is 10.1. The fraction of sp³-hybridized carbons (Fsp3) is 0.556. The van der Waals surface area contributed by atoms with Crippen LogP contribution in [-0.2, 0) is 20.7 Å². The molecule has 0 radical (unpaired) electrons. The van der Waals surface area contributed by atoms with Crippen molar-refractivity contribution in [1.29, 1.82) is 0 Å². The summed E-state index contributed by atoms with van der Waals surface area (Å²) in [6, 6.07) is -0.640. The number of nitrogens with one attached hydrogen (secondary N) is 2. The highest BCUT2D eigenvalue weighted by molar-refractivity contribution is 5.97. The highest BCUT2D eigenvalue weighted by Gasteiger charge is 2.22. The first-order valence-electron chi connectivity index (χ1n) is 8.96. The minimum absolute atomic E-state index is 0.0649. The second kappa shape index (κ2) is 8.32. The van der Waals surface area contributed by atoms with Gasteiger partial charge in [0.25, 0.3) is 11.7 Å². The monoisotopic (exact) mass is 390 g/mol. The van der Waals surface area contributed by atoms with Crippen molar-refractivity contribution >= 4 is 23.7 Å². The van der Waals surface area contributed by atoms with E-state index in [1.807, 2.05) is 13.8 Å².